The first-order chi connectivity index (χ1) is 19.3. The predicted molar refractivity (Wildman–Crippen MR) is 126 cm³/mol. The first-order valence-electron chi connectivity index (χ1n) is 14.9. The number of esters is 3. The molecule has 0 saturated heterocycles. The molecule has 1 aromatic rings. The van der Waals surface area contributed by atoms with Gasteiger partial charge in [-0.05, 0) is 65.5 Å². The highest BCUT2D eigenvalue weighted by molar-refractivity contribution is 6.00. The van der Waals surface area contributed by atoms with Crippen molar-refractivity contribution in [3.63, 3.8) is 0 Å². The average Bonchev–Trinajstić information content (AvgIpc) is 2.79. The number of dihydropyridines is 1. The molecule has 0 fully saturated rings. The Morgan fingerprint density at radius 1 is 1.03 bits per heavy atom. The maximum Gasteiger partial charge on any atom is 0.336 e. The van der Waals surface area contributed by atoms with Gasteiger partial charge < -0.3 is 19.5 Å². The van der Waals surface area contributed by atoms with Gasteiger partial charge in [-0.2, -0.15) is 0 Å². The number of hydrogen-bond donors (Lipinski definition) is 1. The van der Waals surface area contributed by atoms with E-state index in [-0.39, 0.29) is 22.5 Å². The second-order valence-electron chi connectivity index (χ2n) is 8.11. The van der Waals surface area contributed by atoms with Gasteiger partial charge in [0.25, 0.3) is 0 Å². The van der Waals surface area contributed by atoms with E-state index >= 15 is 0 Å². The second-order valence-corrected chi connectivity index (χ2v) is 8.11. The SMILES string of the molecule is [2H]C([2H])([2H])C([2H])([2H])OC(=O)C1=C(C)NC(C)=C(C(=O)OC([2H])([2H])C([2H])([2H])[2H])C1c1ccccc1/C=C/C(=O)OC(C)(C)C. The molecule has 1 aliphatic rings. The Morgan fingerprint density at radius 2 is 1.58 bits per heavy atom. The summed E-state index contributed by atoms with van der Waals surface area (Å²) in [6.45, 7) is -5.93. The zero-order valence-electron chi connectivity index (χ0n) is 29.0. The van der Waals surface area contributed by atoms with E-state index in [2.05, 4.69) is 5.32 Å². The zero-order chi connectivity index (χ0) is 33.3. The van der Waals surface area contributed by atoms with Crippen LogP contribution in [-0.2, 0) is 28.6 Å². The van der Waals surface area contributed by atoms with Crippen molar-refractivity contribution in [3.8, 4) is 0 Å². The van der Waals surface area contributed by atoms with E-state index in [4.69, 9.17) is 27.9 Å². The monoisotopic (exact) mass is 465 g/mol. The van der Waals surface area contributed by atoms with Gasteiger partial charge in [-0.3, -0.25) is 0 Å². The van der Waals surface area contributed by atoms with Crippen LogP contribution < -0.4 is 5.32 Å². The van der Waals surface area contributed by atoms with Crippen molar-refractivity contribution in [2.75, 3.05) is 13.1 Å². The summed E-state index contributed by atoms with van der Waals surface area (Å²) in [5.41, 5.74) is -1.28. The first-order valence-corrected chi connectivity index (χ1v) is 9.94. The lowest BCUT2D eigenvalue weighted by Crippen LogP contribution is -2.32. The van der Waals surface area contributed by atoms with Crippen LogP contribution in [-0.4, -0.2) is 36.6 Å². The lowest BCUT2D eigenvalue weighted by Gasteiger charge is -2.31. The molecule has 0 atom stereocenters. The molecule has 0 unspecified atom stereocenters. The first kappa shape index (κ1) is 14.7. The minimum absolute atomic E-state index is 0.0233. The number of allylic oxidation sites excluding steroid dienone is 2. The van der Waals surface area contributed by atoms with Crippen molar-refractivity contribution >= 4 is 24.0 Å². The van der Waals surface area contributed by atoms with Gasteiger partial charge in [-0.25, -0.2) is 14.4 Å². The van der Waals surface area contributed by atoms with Crippen LogP contribution in [0.4, 0.5) is 0 Å². The molecule has 7 heteroatoms. The van der Waals surface area contributed by atoms with Crippen molar-refractivity contribution in [2.45, 2.75) is 59.8 Å². The van der Waals surface area contributed by atoms with Crippen LogP contribution in [0.3, 0.4) is 0 Å². The van der Waals surface area contributed by atoms with Gasteiger partial charge in [0.2, 0.25) is 0 Å². The number of rotatable bonds is 7. The standard InChI is InChI=1S/C26H33NO6/c1-8-31-24(29)21-16(3)27-17(4)22(25(30)32-9-2)23(21)19-13-11-10-12-18(19)14-15-20(28)33-26(5,6)7/h10-15,23,27H,8-9H2,1-7H3/b15-14+/i1D3,2D3,8D2,9D2. The molecule has 1 N–H and O–H groups in total. The molecular weight excluding hydrogens is 422 g/mol. The van der Waals surface area contributed by atoms with Gasteiger partial charge in [0.1, 0.15) is 5.60 Å². The molecule has 1 heterocycles. The number of nitrogens with one attached hydrogen (secondary N) is 1. The van der Waals surface area contributed by atoms with E-state index in [1.165, 1.54) is 38.1 Å². The fourth-order valence-electron chi connectivity index (χ4n) is 3.47. The molecule has 0 radical (unpaired) electrons. The second kappa shape index (κ2) is 11.0. The zero-order valence-corrected chi connectivity index (χ0v) is 19.0. The van der Waals surface area contributed by atoms with Crippen LogP contribution in [0.5, 0.6) is 0 Å². The molecule has 0 amide bonds. The van der Waals surface area contributed by atoms with Crippen LogP contribution >= 0.6 is 0 Å². The Balaban J connectivity index is 2.79. The van der Waals surface area contributed by atoms with E-state index in [0.29, 0.717) is 0 Å². The third-order valence-electron chi connectivity index (χ3n) is 4.60. The molecule has 2 rings (SSSR count). The lowest BCUT2D eigenvalue weighted by atomic mass is 9.78. The van der Waals surface area contributed by atoms with Crippen molar-refractivity contribution in [1.82, 2.24) is 5.32 Å². The summed E-state index contributed by atoms with van der Waals surface area (Å²) >= 11 is 0. The van der Waals surface area contributed by atoms with Gasteiger partial charge in [0, 0.05) is 25.7 Å². The minimum Gasteiger partial charge on any atom is -0.463 e. The normalized spacial score (nSPS) is 21.0. The maximum atomic E-state index is 13.5. The molecule has 0 spiro atoms. The molecule has 0 aromatic heterocycles. The van der Waals surface area contributed by atoms with Gasteiger partial charge in [-0.15, -0.1) is 0 Å². The summed E-state index contributed by atoms with van der Waals surface area (Å²) in [5, 5.41) is 2.72. The number of carbonyl (C=O) groups is 3. The largest absolute Gasteiger partial charge is 0.463 e. The van der Waals surface area contributed by atoms with Crippen LogP contribution in [0.25, 0.3) is 6.08 Å². The Bertz CT molecular complexity index is 1310. The fraction of sp³-hybridized carbons (Fsp3) is 0.423. The van der Waals surface area contributed by atoms with Crippen molar-refractivity contribution < 1.29 is 42.3 Å². The highest BCUT2D eigenvalue weighted by atomic mass is 16.6. The minimum atomic E-state index is -3.45. The van der Waals surface area contributed by atoms with Crippen LogP contribution in [0, 0.1) is 0 Å². The highest BCUT2D eigenvalue weighted by Gasteiger charge is 2.38. The van der Waals surface area contributed by atoms with Gasteiger partial charge in [0.15, 0.2) is 0 Å². The molecule has 0 aliphatic carbocycles. The molecule has 178 valence electrons. The number of ether oxygens (including phenoxy) is 3. The molecule has 7 nitrogen and oxygen atoms in total. The topological polar surface area (TPSA) is 90.9 Å². The Hall–Kier alpha value is -3.35. The third-order valence-corrected chi connectivity index (χ3v) is 4.60. The molecule has 1 aromatic carbocycles. The van der Waals surface area contributed by atoms with Crippen molar-refractivity contribution in [1.29, 1.82) is 0 Å². The van der Waals surface area contributed by atoms with Crippen LogP contribution in [0.2, 0.25) is 0 Å². The summed E-state index contributed by atoms with van der Waals surface area (Å²) < 4.78 is 90.5. The van der Waals surface area contributed by atoms with Crippen LogP contribution in [0.1, 0.15) is 79.1 Å². The Labute approximate surface area is 209 Å². The summed E-state index contributed by atoms with van der Waals surface area (Å²) in [5.74, 6) is -5.19. The molecule has 0 saturated carbocycles. The van der Waals surface area contributed by atoms with Gasteiger partial charge >= 0.3 is 17.9 Å². The summed E-state index contributed by atoms with van der Waals surface area (Å²) in [4.78, 5) is 39.3. The number of hydrogen-bond acceptors (Lipinski definition) is 7. The smallest absolute Gasteiger partial charge is 0.336 e. The quantitative estimate of drug-likeness (QED) is 0.362. The van der Waals surface area contributed by atoms with E-state index in [0.717, 1.165) is 6.08 Å². The average molecular weight is 466 g/mol. The molecular formula is C26H33NO6. The van der Waals surface area contributed by atoms with E-state index in [9.17, 15) is 14.4 Å². The van der Waals surface area contributed by atoms with Crippen molar-refractivity contribution in [2.24, 2.45) is 0 Å². The molecule has 33 heavy (non-hydrogen) atoms. The van der Waals surface area contributed by atoms with E-state index in [1.54, 1.807) is 26.8 Å². The Kier molecular flexibility index (Phi) is 4.90. The number of carbonyl (C=O) groups excluding carboxylic acids is 3. The van der Waals surface area contributed by atoms with Crippen LogP contribution in [0.15, 0.2) is 52.9 Å². The Morgan fingerprint density at radius 3 is 2.09 bits per heavy atom. The molecule has 0 bridgehead atoms. The number of benzene rings is 1. The highest BCUT2D eigenvalue weighted by Crippen LogP contribution is 2.40. The van der Waals surface area contributed by atoms with Gasteiger partial charge in [0.05, 0.1) is 35.7 Å². The lowest BCUT2D eigenvalue weighted by molar-refractivity contribution is -0.148. The third kappa shape index (κ3) is 6.57. The summed E-state index contributed by atoms with van der Waals surface area (Å²) in [6.07, 6.45) is 2.42. The predicted octanol–water partition coefficient (Wildman–Crippen LogP) is 4.40. The summed E-state index contributed by atoms with van der Waals surface area (Å²) in [6, 6.07) is 6.05. The van der Waals surface area contributed by atoms with Gasteiger partial charge in [-0.1, -0.05) is 24.3 Å². The van der Waals surface area contributed by atoms with E-state index in [1.807, 2.05) is 0 Å². The molecule has 1 aliphatic heterocycles. The fourth-order valence-corrected chi connectivity index (χ4v) is 3.47. The summed E-state index contributed by atoms with van der Waals surface area (Å²) in [7, 11) is 0. The van der Waals surface area contributed by atoms with E-state index < -0.39 is 67.4 Å². The van der Waals surface area contributed by atoms with Crippen molar-refractivity contribution in [3.05, 3.63) is 64.0 Å². The maximum absolute atomic E-state index is 13.5.